The molecule has 1 saturated heterocycles. The molecule has 1 saturated carbocycles. The number of carbonyl (C=O) groups is 1. The second kappa shape index (κ2) is 3.01. The van der Waals surface area contributed by atoms with Crippen LogP contribution in [0, 0.1) is 0 Å². The smallest absolute Gasteiger partial charge is 0.252 e. The fourth-order valence-electron chi connectivity index (χ4n) is 2.16. The van der Waals surface area contributed by atoms with Crippen molar-refractivity contribution in [2.75, 3.05) is 7.05 Å². The topological polar surface area (TPSA) is 53.5 Å². The fraction of sp³-hybridized carbons (Fsp3) is 0.778. The Bertz CT molecular complexity index is 254. The van der Waals surface area contributed by atoms with Crippen molar-refractivity contribution in [3.63, 3.8) is 0 Å². The van der Waals surface area contributed by atoms with Crippen LogP contribution in [0.4, 0.5) is 0 Å². The van der Waals surface area contributed by atoms with Gasteiger partial charge in [-0.2, -0.15) is 0 Å². The number of hydrogen-bond acceptors (Lipinski definition) is 2. The molecule has 0 atom stereocenters. The Morgan fingerprint density at radius 3 is 2.54 bits per heavy atom. The van der Waals surface area contributed by atoms with Crippen molar-refractivity contribution in [2.45, 2.75) is 37.6 Å². The first-order chi connectivity index (χ1) is 6.27. The van der Waals surface area contributed by atoms with Crippen molar-refractivity contribution in [1.29, 1.82) is 0 Å². The molecule has 72 valence electrons. The molecule has 4 heteroatoms. The van der Waals surface area contributed by atoms with Crippen LogP contribution in [-0.2, 0) is 4.79 Å². The van der Waals surface area contributed by atoms with E-state index in [0.29, 0.717) is 5.96 Å². The van der Waals surface area contributed by atoms with E-state index >= 15 is 0 Å². The highest BCUT2D eigenvalue weighted by Crippen LogP contribution is 2.30. The Morgan fingerprint density at radius 1 is 1.31 bits per heavy atom. The number of nitrogens with one attached hydrogen (secondary N) is 2. The Hall–Kier alpha value is -1.06. The van der Waals surface area contributed by atoms with Crippen molar-refractivity contribution >= 4 is 11.9 Å². The van der Waals surface area contributed by atoms with Gasteiger partial charge in [0.05, 0.1) is 0 Å². The van der Waals surface area contributed by atoms with E-state index in [1.807, 2.05) is 0 Å². The normalized spacial score (nSPS) is 29.0. The molecule has 4 nitrogen and oxygen atoms in total. The summed E-state index contributed by atoms with van der Waals surface area (Å²) in [6.07, 6.45) is 5.40. The molecular weight excluding hydrogens is 166 g/mol. The monoisotopic (exact) mass is 181 g/mol. The summed E-state index contributed by atoms with van der Waals surface area (Å²) >= 11 is 0. The number of hydrogen-bond donors (Lipinski definition) is 2. The van der Waals surface area contributed by atoms with Gasteiger partial charge >= 0.3 is 0 Å². The van der Waals surface area contributed by atoms with Gasteiger partial charge in [-0.25, -0.2) is 0 Å². The molecule has 1 amide bonds. The van der Waals surface area contributed by atoms with E-state index in [4.69, 9.17) is 0 Å². The summed E-state index contributed by atoms with van der Waals surface area (Å²) < 4.78 is 0. The third-order valence-electron chi connectivity index (χ3n) is 2.95. The summed E-state index contributed by atoms with van der Waals surface area (Å²) in [5.41, 5.74) is -0.326. The Balaban J connectivity index is 2.18. The predicted octanol–water partition coefficient (Wildman–Crippen LogP) is 0.394. The number of nitrogens with zero attached hydrogens (tertiary/aromatic N) is 1. The Labute approximate surface area is 77.8 Å². The standard InChI is InChI=1S/C9H15N3O/c1-10-8-11-7(13)9(12-8)5-3-2-4-6-9/h2-6H2,1H3,(H2,10,11,12,13). The van der Waals surface area contributed by atoms with Crippen molar-refractivity contribution < 1.29 is 4.79 Å². The number of carbonyl (C=O) groups excluding carboxylic acids is 1. The van der Waals surface area contributed by atoms with Gasteiger partial charge in [0.2, 0.25) is 0 Å². The highest BCUT2D eigenvalue weighted by molar-refractivity contribution is 6.09. The quantitative estimate of drug-likeness (QED) is 0.568. The lowest BCUT2D eigenvalue weighted by Crippen LogP contribution is -2.48. The van der Waals surface area contributed by atoms with Gasteiger partial charge in [-0.3, -0.25) is 15.1 Å². The third kappa shape index (κ3) is 1.30. The average molecular weight is 181 g/mol. The van der Waals surface area contributed by atoms with E-state index in [0.717, 1.165) is 25.7 Å². The van der Waals surface area contributed by atoms with E-state index < -0.39 is 0 Å². The summed E-state index contributed by atoms with van der Waals surface area (Å²) in [7, 11) is 1.68. The lowest BCUT2D eigenvalue weighted by Gasteiger charge is -2.30. The van der Waals surface area contributed by atoms with Gasteiger partial charge in [0.15, 0.2) is 5.96 Å². The zero-order valence-electron chi connectivity index (χ0n) is 7.89. The summed E-state index contributed by atoms with van der Waals surface area (Å²) in [6.45, 7) is 0. The molecule has 0 unspecified atom stereocenters. The Kier molecular flexibility index (Phi) is 1.98. The predicted molar refractivity (Wildman–Crippen MR) is 50.5 cm³/mol. The van der Waals surface area contributed by atoms with Crippen LogP contribution in [0.5, 0.6) is 0 Å². The third-order valence-corrected chi connectivity index (χ3v) is 2.95. The summed E-state index contributed by atoms with van der Waals surface area (Å²) in [6, 6.07) is 0. The summed E-state index contributed by atoms with van der Waals surface area (Å²) in [5.74, 6) is 0.736. The molecule has 1 heterocycles. The first-order valence-corrected chi connectivity index (χ1v) is 4.83. The minimum absolute atomic E-state index is 0.104. The van der Waals surface area contributed by atoms with Gasteiger partial charge in [-0.1, -0.05) is 19.3 Å². The number of aliphatic imine (C=N–C) groups is 1. The second-order valence-corrected chi connectivity index (χ2v) is 3.79. The van der Waals surface area contributed by atoms with Crippen LogP contribution in [-0.4, -0.2) is 24.5 Å². The van der Waals surface area contributed by atoms with Crippen LogP contribution < -0.4 is 10.6 Å². The largest absolute Gasteiger partial charge is 0.342 e. The molecule has 0 bridgehead atoms. The number of guanidine groups is 1. The molecule has 1 aliphatic heterocycles. The fourth-order valence-corrected chi connectivity index (χ4v) is 2.16. The van der Waals surface area contributed by atoms with Crippen molar-refractivity contribution in [2.24, 2.45) is 4.99 Å². The molecule has 2 N–H and O–H groups in total. The first kappa shape index (κ1) is 8.53. The maximum Gasteiger partial charge on any atom is 0.252 e. The van der Waals surface area contributed by atoms with Crippen LogP contribution in [0.3, 0.4) is 0 Å². The molecule has 1 spiro atoms. The van der Waals surface area contributed by atoms with E-state index in [1.54, 1.807) is 7.05 Å². The molecule has 0 aromatic carbocycles. The zero-order valence-corrected chi connectivity index (χ0v) is 7.89. The van der Waals surface area contributed by atoms with E-state index in [1.165, 1.54) is 6.42 Å². The van der Waals surface area contributed by atoms with Crippen LogP contribution in [0.1, 0.15) is 32.1 Å². The van der Waals surface area contributed by atoms with Crippen LogP contribution in [0.25, 0.3) is 0 Å². The highest BCUT2D eigenvalue weighted by Gasteiger charge is 2.45. The maximum absolute atomic E-state index is 11.7. The van der Waals surface area contributed by atoms with Gasteiger partial charge in [-0.15, -0.1) is 0 Å². The molecule has 13 heavy (non-hydrogen) atoms. The molecule has 0 radical (unpaired) electrons. The molecule has 0 aromatic rings. The first-order valence-electron chi connectivity index (χ1n) is 4.83. The minimum Gasteiger partial charge on any atom is -0.342 e. The van der Waals surface area contributed by atoms with E-state index in [9.17, 15) is 4.79 Å². The molecule has 2 rings (SSSR count). The lowest BCUT2D eigenvalue weighted by atomic mass is 9.82. The van der Waals surface area contributed by atoms with Crippen LogP contribution in [0.2, 0.25) is 0 Å². The molecular formula is C9H15N3O. The average Bonchev–Trinajstić information content (AvgIpc) is 2.45. The molecule has 2 aliphatic rings. The van der Waals surface area contributed by atoms with E-state index in [-0.39, 0.29) is 11.4 Å². The second-order valence-electron chi connectivity index (χ2n) is 3.79. The summed E-state index contributed by atoms with van der Waals surface area (Å²) in [5, 5.41) is 5.96. The minimum atomic E-state index is -0.326. The van der Waals surface area contributed by atoms with Gasteiger partial charge in [0.1, 0.15) is 5.54 Å². The van der Waals surface area contributed by atoms with Gasteiger partial charge < -0.3 is 5.32 Å². The highest BCUT2D eigenvalue weighted by atomic mass is 16.2. The van der Waals surface area contributed by atoms with Crippen molar-refractivity contribution in [1.82, 2.24) is 10.6 Å². The molecule has 1 aliphatic carbocycles. The van der Waals surface area contributed by atoms with E-state index in [2.05, 4.69) is 15.6 Å². The Morgan fingerprint density at radius 2 is 2.00 bits per heavy atom. The zero-order chi connectivity index (χ0) is 9.31. The molecule has 0 aromatic heterocycles. The number of rotatable bonds is 0. The van der Waals surface area contributed by atoms with Crippen molar-refractivity contribution in [3.8, 4) is 0 Å². The van der Waals surface area contributed by atoms with Crippen LogP contribution >= 0.6 is 0 Å². The lowest BCUT2D eigenvalue weighted by molar-refractivity contribution is -0.125. The summed E-state index contributed by atoms with van der Waals surface area (Å²) in [4.78, 5) is 15.6. The van der Waals surface area contributed by atoms with Crippen molar-refractivity contribution in [3.05, 3.63) is 0 Å². The van der Waals surface area contributed by atoms with Gasteiger partial charge in [0, 0.05) is 7.05 Å². The van der Waals surface area contributed by atoms with Gasteiger partial charge in [-0.05, 0) is 12.8 Å². The van der Waals surface area contributed by atoms with Gasteiger partial charge in [0.25, 0.3) is 5.91 Å². The maximum atomic E-state index is 11.7. The molecule has 2 fully saturated rings. The number of amides is 1. The van der Waals surface area contributed by atoms with Crippen LogP contribution in [0.15, 0.2) is 4.99 Å². The SMILES string of the molecule is CN=C1NC(=O)C2(CCCCC2)N1.